The van der Waals surface area contributed by atoms with Gasteiger partial charge >= 0.3 is 0 Å². The van der Waals surface area contributed by atoms with Crippen LogP contribution in [0.1, 0.15) is 30.0 Å². The normalized spacial score (nSPS) is 18.1. The summed E-state index contributed by atoms with van der Waals surface area (Å²) in [6.07, 6.45) is 5.69. The quantitative estimate of drug-likeness (QED) is 0.863. The molecule has 110 valence electrons. The van der Waals surface area contributed by atoms with Gasteiger partial charge in [0.25, 0.3) is 0 Å². The average molecular weight is 284 g/mol. The zero-order valence-corrected chi connectivity index (χ0v) is 12.3. The maximum absolute atomic E-state index is 12.3. The van der Waals surface area contributed by atoms with E-state index in [0.717, 1.165) is 25.9 Å². The van der Waals surface area contributed by atoms with E-state index in [2.05, 4.69) is 29.3 Å². The second-order valence-electron chi connectivity index (χ2n) is 5.56. The minimum Gasteiger partial charge on any atom is -0.340 e. The first-order valence-electron chi connectivity index (χ1n) is 7.42. The minimum atomic E-state index is 0.224. The molecule has 2 heterocycles. The fourth-order valence-electron chi connectivity index (χ4n) is 2.86. The number of nitrogens with zero attached hydrogens (tertiary/aromatic N) is 4. The monoisotopic (exact) mass is 284 g/mol. The molecule has 1 atom stereocenters. The highest BCUT2D eigenvalue weighted by Gasteiger charge is 2.27. The zero-order valence-electron chi connectivity index (χ0n) is 12.3. The van der Waals surface area contributed by atoms with Gasteiger partial charge in [0.2, 0.25) is 5.91 Å². The van der Waals surface area contributed by atoms with Crippen molar-refractivity contribution in [3.05, 3.63) is 47.8 Å². The molecule has 21 heavy (non-hydrogen) atoms. The molecule has 0 aliphatic carbocycles. The lowest BCUT2D eigenvalue weighted by molar-refractivity contribution is -0.130. The first kappa shape index (κ1) is 13.8. The Kier molecular flexibility index (Phi) is 3.99. The fraction of sp³-hybridized carbons (Fsp3) is 0.438. The molecule has 5 heteroatoms. The summed E-state index contributed by atoms with van der Waals surface area (Å²) in [7, 11) is 0. The van der Waals surface area contributed by atoms with Crippen molar-refractivity contribution < 1.29 is 4.79 Å². The number of hydrogen-bond acceptors (Lipinski definition) is 3. The Labute approximate surface area is 124 Å². The smallest absolute Gasteiger partial charge is 0.222 e. The van der Waals surface area contributed by atoms with E-state index in [1.807, 2.05) is 17.0 Å². The molecule has 1 fully saturated rings. The molecule has 1 aromatic heterocycles. The van der Waals surface area contributed by atoms with Gasteiger partial charge in [0.1, 0.15) is 0 Å². The topological polar surface area (TPSA) is 51.0 Å². The Bertz CT molecular complexity index is 608. The lowest BCUT2D eigenvalue weighted by Crippen LogP contribution is -2.29. The average Bonchev–Trinajstić information content (AvgIpc) is 3.16. The maximum atomic E-state index is 12.3. The van der Waals surface area contributed by atoms with E-state index in [4.69, 9.17) is 0 Å². The highest BCUT2D eigenvalue weighted by molar-refractivity contribution is 5.76. The number of benzene rings is 1. The predicted molar refractivity (Wildman–Crippen MR) is 79.8 cm³/mol. The van der Waals surface area contributed by atoms with Crippen LogP contribution in [0.25, 0.3) is 0 Å². The van der Waals surface area contributed by atoms with E-state index in [0.29, 0.717) is 6.42 Å². The molecular formula is C16H20N4O. The van der Waals surface area contributed by atoms with Gasteiger partial charge in [0.05, 0.1) is 18.4 Å². The molecule has 3 rings (SSSR count). The lowest BCUT2D eigenvalue weighted by atomic mass is 10.0. The summed E-state index contributed by atoms with van der Waals surface area (Å²) >= 11 is 0. The number of amides is 1. The Balaban J connectivity index is 1.54. The van der Waals surface area contributed by atoms with Gasteiger partial charge in [-0.05, 0) is 30.9 Å². The van der Waals surface area contributed by atoms with Gasteiger partial charge < -0.3 is 4.90 Å². The predicted octanol–water partition coefficient (Wildman–Crippen LogP) is 1.99. The van der Waals surface area contributed by atoms with Gasteiger partial charge in [-0.15, -0.1) is 0 Å². The van der Waals surface area contributed by atoms with Crippen LogP contribution in [-0.4, -0.2) is 38.9 Å². The molecule has 5 nitrogen and oxygen atoms in total. The van der Waals surface area contributed by atoms with Gasteiger partial charge in [-0.3, -0.25) is 4.79 Å². The highest BCUT2D eigenvalue weighted by Crippen LogP contribution is 2.21. The minimum absolute atomic E-state index is 0.224. The second kappa shape index (κ2) is 6.08. The molecule has 0 N–H and O–H groups in total. The highest BCUT2D eigenvalue weighted by atomic mass is 16.2. The van der Waals surface area contributed by atoms with Crippen LogP contribution < -0.4 is 0 Å². The maximum Gasteiger partial charge on any atom is 0.222 e. The van der Waals surface area contributed by atoms with Crippen LogP contribution in [0.5, 0.6) is 0 Å². The molecule has 1 aliphatic rings. The lowest BCUT2D eigenvalue weighted by Gasteiger charge is -2.16. The van der Waals surface area contributed by atoms with E-state index in [1.165, 1.54) is 11.1 Å². The van der Waals surface area contributed by atoms with Gasteiger partial charge in [-0.2, -0.15) is 15.0 Å². The molecule has 1 unspecified atom stereocenters. The van der Waals surface area contributed by atoms with Gasteiger partial charge in [-0.25, -0.2) is 0 Å². The van der Waals surface area contributed by atoms with Crippen LogP contribution in [0, 0.1) is 6.92 Å². The summed E-state index contributed by atoms with van der Waals surface area (Å²) in [5.41, 5.74) is 2.51. The van der Waals surface area contributed by atoms with Gasteiger partial charge in [0, 0.05) is 19.5 Å². The molecule has 1 amide bonds. The molecule has 0 radical (unpaired) electrons. The largest absolute Gasteiger partial charge is 0.340 e. The van der Waals surface area contributed by atoms with Crippen LogP contribution in [-0.2, 0) is 11.2 Å². The Hall–Kier alpha value is -2.17. The molecule has 2 aromatic rings. The summed E-state index contributed by atoms with van der Waals surface area (Å²) in [5, 5.41) is 8.33. The summed E-state index contributed by atoms with van der Waals surface area (Å²) in [6, 6.07) is 8.48. The van der Waals surface area contributed by atoms with Crippen LogP contribution in [0.4, 0.5) is 0 Å². The Morgan fingerprint density at radius 3 is 2.81 bits per heavy atom. The van der Waals surface area contributed by atoms with Crippen molar-refractivity contribution in [3.8, 4) is 0 Å². The summed E-state index contributed by atoms with van der Waals surface area (Å²) in [6.45, 7) is 3.62. The molecule has 0 spiro atoms. The molecule has 1 aliphatic heterocycles. The van der Waals surface area contributed by atoms with Crippen molar-refractivity contribution in [1.29, 1.82) is 0 Å². The Morgan fingerprint density at radius 2 is 2.05 bits per heavy atom. The first-order valence-corrected chi connectivity index (χ1v) is 7.42. The summed E-state index contributed by atoms with van der Waals surface area (Å²) in [4.78, 5) is 16.0. The molecule has 1 aromatic carbocycles. The number of carbonyl (C=O) groups is 1. The van der Waals surface area contributed by atoms with Gasteiger partial charge in [0.15, 0.2) is 0 Å². The van der Waals surface area contributed by atoms with Crippen molar-refractivity contribution in [1.82, 2.24) is 19.9 Å². The van der Waals surface area contributed by atoms with Crippen molar-refractivity contribution in [2.24, 2.45) is 0 Å². The third-order valence-corrected chi connectivity index (χ3v) is 4.15. The number of aryl methyl sites for hydroxylation is 2. The van der Waals surface area contributed by atoms with E-state index in [1.54, 1.807) is 17.2 Å². The van der Waals surface area contributed by atoms with E-state index >= 15 is 0 Å². The SMILES string of the molecule is Cc1ccccc1CCC(=O)N1CCC(n2nccn2)C1. The van der Waals surface area contributed by atoms with Crippen LogP contribution in [0.15, 0.2) is 36.7 Å². The standard InChI is InChI=1S/C16H20N4O/c1-13-4-2-3-5-14(13)6-7-16(21)19-11-8-15(12-19)20-17-9-10-18-20/h2-5,9-10,15H,6-8,11-12H2,1H3. The van der Waals surface area contributed by atoms with Crippen LogP contribution in [0.3, 0.4) is 0 Å². The number of hydrogen-bond donors (Lipinski definition) is 0. The molecule has 1 saturated heterocycles. The third-order valence-electron chi connectivity index (χ3n) is 4.15. The van der Waals surface area contributed by atoms with Crippen LogP contribution >= 0.6 is 0 Å². The van der Waals surface area contributed by atoms with Crippen molar-refractivity contribution in [2.75, 3.05) is 13.1 Å². The van der Waals surface area contributed by atoms with Crippen molar-refractivity contribution in [3.63, 3.8) is 0 Å². The molecule has 0 bridgehead atoms. The molecular weight excluding hydrogens is 264 g/mol. The Morgan fingerprint density at radius 1 is 1.29 bits per heavy atom. The van der Waals surface area contributed by atoms with E-state index in [-0.39, 0.29) is 11.9 Å². The number of likely N-dealkylation sites (tertiary alicyclic amines) is 1. The molecule has 0 saturated carbocycles. The van der Waals surface area contributed by atoms with Crippen LogP contribution in [0.2, 0.25) is 0 Å². The van der Waals surface area contributed by atoms with Gasteiger partial charge in [-0.1, -0.05) is 24.3 Å². The summed E-state index contributed by atoms with van der Waals surface area (Å²) < 4.78 is 0. The first-order chi connectivity index (χ1) is 10.2. The van der Waals surface area contributed by atoms with Crippen molar-refractivity contribution >= 4 is 5.91 Å². The van der Waals surface area contributed by atoms with E-state index in [9.17, 15) is 4.79 Å². The van der Waals surface area contributed by atoms with Crippen molar-refractivity contribution in [2.45, 2.75) is 32.2 Å². The number of carbonyl (C=O) groups excluding carboxylic acids is 1. The second-order valence-corrected chi connectivity index (χ2v) is 5.56. The third kappa shape index (κ3) is 3.12. The number of rotatable bonds is 4. The summed E-state index contributed by atoms with van der Waals surface area (Å²) in [5.74, 6) is 0.230. The van der Waals surface area contributed by atoms with E-state index < -0.39 is 0 Å². The zero-order chi connectivity index (χ0) is 14.7. The fourth-order valence-corrected chi connectivity index (χ4v) is 2.86. The number of aromatic nitrogens is 3.